The number of fused-ring (bicyclic) bond motifs is 1. The first kappa shape index (κ1) is 16.8. The Balaban J connectivity index is 1.39. The van der Waals surface area contributed by atoms with E-state index >= 15 is 0 Å². The van der Waals surface area contributed by atoms with Crippen LogP contribution in [-0.2, 0) is 0 Å². The smallest absolute Gasteiger partial charge is 0.139 e. The molecule has 0 spiro atoms. The molecule has 2 aromatic heterocycles. The van der Waals surface area contributed by atoms with Crippen LogP contribution in [0.15, 0.2) is 79.3 Å². The van der Waals surface area contributed by atoms with E-state index in [9.17, 15) is 0 Å². The number of benzene rings is 2. The van der Waals surface area contributed by atoms with Gasteiger partial charge in [-0.1, -0.05) is 42.5 Å². The maximum Gasteiger partial charge on any atom is 0.139 e. The molecule has 0 fully saturated rings. The summed E-state index contributed by atoms with van der Waals surface area (Å²) in [5.41, 5.74) is 0. The van der Waals surface area contributed by atoms with E-state index < -0.39 is 0 Å². The molecule has 0 aliphatic carbocycles. The van der Waals surface area contributed by atoms with Crippen LogP contribution in [0.25, 0.3) is 10.8 Å². The van der Waals surface area contributed by atoms with Gasteiger partial charge in [0.2, 0.25) is 0 Å². The molecule has 0 aliphatic rings. The molecular formula is C21H19N5O. The van der Waals surface area contributed by atoms with Gasteiger partial charge in [-0.15, -0.1) is 0 Å². The SMILES string of the molecule is c1ccc(OCCNc2cc(Nc3nccc4ccccc34)ncn2)cc1. The molecule has 4 aromatic rings. The zero-order valence-corrected chi connectivity index (χ0v) is 14.7. The number of anilines is 3. The summed E-state index contributed by atoms with van der Waals surface area (Å²) in [6.07, 6.45) is 3.31. The van der Waals surface area contributed by atoms with E-state index in [1.54, 1.807) is 6.20 Å². The number of hydrogen-bond acceptors (Lipinski definition) is 6. The largest absolute Gasteiger partial charge is 0.492 e. The zero-order valence-electron chi connectivity index (χ0n) is 14.7. The van der Waals surface area contributed by atoms with Gasteiger partial charge in [0.15, 0.2) is 0 Å². The first-order valence-corrected chi connectivity index (χ1v) is 8.73. The van der Waals surface area contributed by atoms with Gasteiger partial charge in [-0.2, -0.15) is 0 Å². The van der Waals surface area contributed by atoms with Gasteiger partial charge in [-0.05, 0) is 23.6 Å². The summed E-state index contributed by atoms with van der Waals surface area (Å²) in [4.78, 5) is 13.0. The molecule has 2 heterocycles. The number of aromatic nitrogens is 3. The van der Waals surface area contributed by atoms with Crippen molar-refractivity contribution in [1.82, 2.24) is 15.0 Å². The van der Waals surface area contributed by atoms with E-state index in [-0.39, 0.29) is 0 Å². The van der Waals surface area contributed by atoms with E-state index in [1.165, 1.54) is 6.33 Å². The van der Waals surface area contributed by atoms with Crippen LogP contribution in [0, 0.1) is 0 Å². The lowest BCUT2D eigenvalue weighted by molar-refractivity contribution is 0.333. The van der Waals surface area contributed by atoms with E-state index in [1.807, 2.05) is 60.7 Å². The Labute approximate surface area is 157 Å². The minimum Gasteiger partial charge on any atom is -0.492 e. The zero-order chi connectivity index (χ0) is 18.3. The number of para-hydroxylation sites is 1. The third-order valence-electron chi connectivity index (χ3n) is 4.01. The Hall–Kier alpha value is -3.67. The predicted molar refractivity (Wildman–Crippen MR) is 107 cm³/mol. The summed E-state index contributed by atoms with van der Waals surface area (Å²) in [6.45, 7) is 1.18. The van der Waals surface area contributed by atoms with Crippen molar-refractivity contribution in [3.05, 3.63) is 79.3 Å². The molecule has 6 heteroatoms. The number of nitrogens with one attached hydrogen (secondary N) is 2. The lowest BCUT2D eigenvalue weighted by Gasteiger charge is -2.10. The lowest BCUT2D eigenvalue weighted by Crippen LogP contribution is -2.12. The van der Waals surface area contributed by atoms with Crippen LogP contribution in [0.4, 0.5) is 17.5 Å². The molecule has 2 N–H and O–H groups in total. The van der Waals surface area contributed by atoms with Crippen molar-refractivity contribution in [2.24, 2.45) is 0 Å². The van der Waals surface area contributed by atoms with Gasteiger partial charge in [0.05, 0.1) is 6.54 Å². The highest BCUT2D eigenvalue weighted by molar-refractivity contribution is 5.92. The second kappa shape index (κ2) is 8.14. The van der Waals surface area contributed by atoms with E-state index in [0.717, 1.165) is 28.2 Å². The topological polar surface area (TPSA) is 72.0 Å². The van der Waals surface area contributed by atoms with Crippen LogP contribution in [0.1, 0.15) is 0 Å². The monoisotopic (exact) mass is 357 g/mol. The Bertz CT molecular complexity index is 1020. The second-order valence-corrected chi connectivity index (χ2v) is 5.88. The Morgan fingerprint density at radius 3 is 2.56 bits per heavy atom. The maximum absolute atomic E-state index is 5.67. The minimum atomic E-state index is 0.543. The van der Waals surface area contributed by atoms with E-state index in [2.05, 4.69) is 31.7 Å². The van der Waals surface area contributed by atoms with Crippen LogP contribution >= 0.6 is 0 Å². The number of hydrogen-bond donors (Lipinski definition) is 2. The Morgan fingerprint density at radius 2 is 1.63 bits per heavy atom. The van der Waals surface area contributed by atoms with Crippen LogP contribution in [0.3, 0.4) is 0 Å². The molecule has 0 bridgehead atoms. The summed E-state index contributed by atoms with van der Waals surface area (Å²) in [7, 11) is 0. The fraction of sp³-hybridized carbons (Fsp3) is 0.0952. The van der Waals surface area contributed by atoms with Crippen molar-refractivity contribution in [3.8, 4) is 5.75 Å². The molecule has 0 saturated heterocycles. The molecular weight excluding hydrogens is 338 g/mol. The molecule has 6 nitrogen and oxygen atoms in total. The molecule has 0 radical (unpaired) electrons. The van der Waals surface area contributed by atoms with Crippen molar-refractivity contribution in [1.29, 1.82) is 0 Å². The van der Waals surface area contributed by atoms with Crippen LogP contribution in [-0.4, -0.2) is 28.1 Å². The normalized spacial score (nSPS) is 10.5. The first-order valence-electron chi connectivity index (χ1n) is 8.73. The first-order chi connectivity index (χ1) is 13.4. The molecule has 27 heavy (non-hydrogen) atoms. The fourth-order valence-electron chi connectivity index (χ4n) is 2.73. The fourth-order valence-corrected chi connectivity index (χ4v) is 2.73. The third kappa shape index (κ3) is 4.30. The molecule has 0 aliphatic heterocycles. The number of rotatable bonds is 7. The molecule has 0 amide bonds. The lowest BCUT2D eigenvalue weighted by atomic mass is 10.1. The molecule has 0 atom stereocenters. The number of ether oxygens (including phenoxy) is 1. The van der Waals surface area contributed by atoms with Crippen LogP contribution < -0.4 is 15.4 Å². The van der Waals surface area contributed by atoms with Crippen LogP contribution in [0.2, 0.25) is 0 Å². The summed E-state index contributed by atoms with van der Waals surface area (Å²) in [6, 6.07) is 21.7. The van der Waals surface area contributed by atoms with Crippen molar-refractivity contribution >= 4 is 28.2 Å². The third-order valence-corrected chi connectivity index (χ3v) is 4.01. The molecule has 4 rings (SSSR count). The number of pyridine rings is 1. The van der Waals surface area contributed by atoms with Gasteiger partial charge in [0, 0.05) is 17.6 Å². The van der Waals surface area contributed by atoms with Gasteiger partial charge in [0.25, 0.3) is 0 Å². The average molecular weight is 357 g/mol. The summed E-state index contributed by atoms with van der Waals surface area (Å²) >= 11 is 0. The van der Waals surface area contributed by atoms with Crippen molar-refractivity contribution < 1.29 is 4.74 Å². The van der Waals surface area contributed by atoms with Gasteiger partial charge in [-0.3, -0.25) is 0 Å². The summed E-state index contributed by atoms with van der Waals surface area (Å²) < 4.78 is 5.67. The van der Waals surface area contributed by atoms with E-state index in [4.69, 9.17) is 4.74 Å². The van der Waals surface area contributed by atoms with Crippen LogP contribution in [0.5, 0.6) is 5.75 Å². The molecule has 0 unspecified atom stereocenters. The summed E-state index contributed by atoms with van der Waals surface area (Å²) in [5.74, 6) is 3.03. The highest BCUT2D eigenvalue weighted by Crippen LogP contribution is 2.23. The highest BCUT2D eigenvalue weighted by Gasteiger charge is 2.04. The Kier molecular flexibility index (Phi) is 5.06. The van der Waals surface area contributed by atoms with Gasteiger partial charge in [-0.25, -0.2) is 15.0 Å². The average Bonchev–Trinajstić information content (AvgIpc) is 2.73. The summed E-state index contributed by atoms with van der Waals surface area (Å²) in [5, 5.41) is 8.68. The van der Waals surface area contributed by atoms with Crippen molar-refractivity contribution in [2.45, 2.75) is 0 Å². The molecule has 0 saturated carbocycles. The predicted octanol–water partition coefficient (Wildman–Crippen LogP) is 4.26. The maximum atomic E-state index is 5.67. The Morgan fingerprint density at radius 1 is 0.815 bits per heavy atom. The van der Waals surface area contributed by atoms with Gasteiger partial charge >= 0.3 is 0 Å². The van der Waals surface area contributed by atoms with E-state index in [0.29, 0.717) is 19.0 Å². The standard InChI is InChI=1S/C21H19N5O/c1-2-7-17(8-3-1)27-13-12-22-19-14-20(25-15-24-19)26-21-18-9-5-4-6-16(18)10-11-23-21/h1-11,14-15H,12-13H2,(H2,22,23,24,25,26). The van der Waals surface area contributed by atoms with Crippen molar-refractivity contribution in [2.75, 3.05) is 23.8 Å². The minimum absolute atomic E-state index is 0.543. The highest BCUT2D eigenvalue weighted by atomic mass is 16.5. The van der Waals surface area contributed by atoms with Gasteiger partial charge < -0.3 is 15.4 Å². The molecule has 134 valence electrons. The number of nitrogens with zero attached hydrogens (tertiary/aromatic N) is 3. The van der Waals surface area contributed by atoms with Gasteiger partial charge in [0.1, 0.15) is 36.1 Å². The quantitative estimate of drug-likeness (QED) is 0.482. The second-order valence-electron chi connectivity index (χ2n) is 5.88. The molecule has 2 aromatic carbocycles. The van der Waals surface area contributed by atoms with Crippen molar-refractivity contribution in [3.63, 3.8) is 0 Å².